The van der Waals surface area contributed by atoms with Crippen molar-refractivity contribution in [3.8, 4) is 0 Å². The smallest absolute Gasteiger partial charge is 0.331 e. The van der Waals surface area contributed by atoms with Gasteiger partial charge in [-0.2, -0.15) is 0 Å². The van der Waals surface area contributed by atoms with Gasteiger partial charge in [0, 0.05) is 17.4 Å². The minimum Gasteiger partial charge on any atom is -0.462 e. The summed E-state index contributed by atoms with van der Waals surface area (Å²) < 4.78 is 11.6. The Labute approximate surface area is 228 Å². The van der Waals surface area contributed by atoms with Gasteiger partial charge in [0.15, 0.2) is 0 Å². The Morgan fingerprint density at radius 1 is 1.05 bits per heavy atom. The number of esters is 2. The average Bonchev–Trinajstić information content (AvgIpc) is 3.34. The van der Waals surface area contributed by atoms with E-state index in [0.717, 1.165) is 37.7 Å². The normalized spacial score (nSPS) is 42.8. The first kappa shape index (κ1) is 28.1. The largest absolute Gasteiger partial charge is 0.462 e. The van der Waals surface area contributed by atoms with Crippen LogP contribution in [-0.2, 0) is 19.1 Å². The van der Waals surface area contributed by atoms with Crippen molar-refractivity contribution in [2.24, 2.45) is 34.5 Å². The van der Waals surface area contributed by atoms with E-state index in [1.807, 2.05) is 0 Å². The molecule has 2 N–H and O–H groups in total. The molecule has 6 nitrogen and oxygen atoms in total. The van der Waals surface area contributed by atoms with Gasteiger partial charge in [0.1, 0.15) is 12.7 Å². The van der Waals surface area contributed by atoms with Crippen molar-refractivity contribution in [2.45, 2.75) is 135 Å². The van der Waals surface area contributed by atoms with Crippen molar-refractivity contribution in [1.82, 2.24) is 0 Å². The second-order valence-electron chi connectivity index (χ2n) is 13.9. The zero-order chi connectivity index (χ0) is 27.1. The predicted molar refractivity (Wildman–Crippen MR) is 145 cm³/mol. The Morgan fingerprint density at radius 2 is 1.71 bits per heavy atom. The minimum absolute atomic E-state index is 0.0209. The summed E-state index contributed by atoms with van der Waals surface area (Å²) in [6, 6.07) is 0. The molecule has 1 aliphatic heterocycles. The number of fused-ring (bicyclic) bond motifs is 1. The molecule has 214 valence electrons. The van der Waals surface area contributed by atoms with Gasteiger partial charge in [-0.3, -0.25) is 4.79 Å². The molecule has 1 heterocycles. The third kappa shape index (κ3) is 4.76. The highest BCUT2D eigenvalue weighted by atomic mass is 16.5. The molecule has 5 aliphatic rings. The fourth-order valence-corrected chi connectivity index (χ4v) is 9.72. The average molecular weight is 531 g/mol. The molecular formula is C32H50O6. The number of carbonyl (C=O) groups is 2. The van der Waals surface area contributed by atoms with Crippen molar-refractivity contribution < 1.29 is 29.3 Å². The Morgan fingerprint density at radius 3 is 2.34 bits per heavy atom. The number of hydrogen-bond acceptors (Lipinski definition) is 6. The molecule has 0 radical (unpaired) electrons. The Balaban J connectivity index is 1.50. The minimum atomic E-state index is -1.15. The highest BCUT2D eigenvalue weighted by Gasteiger charge is 2.70. The Hall–Kier alpha value is -1.40. The van der Waals surface area contributed by atoms with Crippen molar-refractivity contribution in [3.05, 3.63) is 11.6 Å². The van der Waals surface area contributed by atoms with Crippen LogP contribution in [0.15, 0.2) is 11.6 Å². The summed E-state index contributed by atoms with van der Waals surface area (Å²) in [5.74, 6) is -0.170. The van der Waals surface area contributed by atoms with Crippen LogP contribution >= 0.6 is 0 Å². The van der Waals surface area contributed by atoms with E-state index in [1.165, 1.54) is 38.5 Å². The summed E-state index contributed by atoms with van der Waals surface area (Å²) in [4.78, 5) is 25.2. The summed E-state index contributed by atoms with van der Waals surface area (Å²) in [5.41, 5.74) is -1.18. The van der Waals surface area contributed by atoms with Crippen molar-refractivity contribution >= 4 is 11.9 Å². The van der Waals surface area contributed by atoms with Gasteiger partial charge in [-0.25, -0.2) is 4.79 Å². The molecule has 0 unspecified atom stereocenters. The number of cyclic esters (lactones) is 1. The molecule has 4 saturated carbocycles. The zero-order valence-corrected chi connectivity index (χ0v) is 23.9. The fraction of sp³-hybridized carbons (Fsp3) is 0.875. The monoisotopic (exact) mass is 530 g/mol. The predicted octanol–water partition coefficient (Wildman–Crippen LogP) is 5.88. The first-order chi connectivity index (χ1) is 18.1. The standard InChI is InChI=1S/C32H50O6/c1-21-18-25(38-29(35)23-10-6-4-7-11-23)28-30(2,24-12-8-5-9-13-24)16-15-26(33)31(28,3)32(21,36)17-14-22-19-27(34)37-20-22/h19,21,23-26,28,33,36H,4-18,20H2,1-3H3/t21-,25-,26+,28+,30+,31+,32-/m1/s1. The lowest BCUT2D eigenvalue weighted by atomic mass is 9.39. The maximum atomic E-state index is 13.5. The molecule has 6 heteroatoms. The van der Waals surface area contributed by atoms with Gasteiger partial charge in [-0.15, -0.1) is 0 Å². The molecule has 7 atom stereocenters. The molecule has 0 bridgehead atoms. The first-order valence-electron chi connectivity index (χ1n) is 15.6. The molecule has 0 saturated heterocycles. The number of aliphatic hydroxyl groups excluding tert-OH is 1. The quantitative estimate of drug-likeness (QED) is 0.417. The van der Waals surface area contributed by atoms with E-state index in [2.05, 4.69) is 20.8 Å². The Bertz CT molecular complexity index is 917. The second kappa shape index (κ2) is 10.9. The summed E-state index contributed by atoms with van der Waals surface area (Å²) in [6.07, 6.45) is 15.0. The van der Waals surface area contributed by atoms with Gasteiger partial charge in [0.25, 0.3) is 0 Å². The summed E-state index contributed by atoms with van der Waals surface area (Å²) in [6.45, 7) is 6.81. The van der Waals surface area contributed by atoms with Crippen LogP contribution in [-0.4, -0.2) is 46.6 Å². The summed E-state index contributed by atoms with van der Waals surface area (Å²) in [5, 5.41) is 24.5. The van der Waals surface area contributed by atoms with Crippen LogP contribution in [0.2, 0.25) is 0 Å². The molecular weight excluding hydrogens is 480 g/mol. The molecule has 4 fully saturated rings. The summed E-state index contributed by atoms with van der Waals surface area (Å²) >= 11 is 0. The molecule has 5 rings (SSSR count). The molecule has 0 spiro atoms. The molecule has 0 amide bonds. The number of rotatable bonds is 6. The highest BCUT2D eigenvalue weighted by molar-refractivity contribution is 5.85. The fourth-order valence-electron chi connectivity index (χ4n) is 9.72. The molecule has 0 aromatic carbocycles. The maximum absolute atomic E-state index is 13.5. The molecule has 38 heavy (non-hydrogen) atoms. The van der Waals surface area contributed by atoms with Gasteiger partial charge in [-0.05, 0) is 80.6 Å². The molecule has 0 aromatic heterocycles. The van der Waals surface area contributed by atoms with Crippen LogP contribution in [0, 0.1) is 34.5 Å². The first-order valence-corrected chi connectivity index (χ1v) is 15.6. The maximum Gasteiger partial charge on any atom is 0.331 e. The zero-order valence-electron chi connectivity index (χ0n) is 23.9. The van der Waals surface area contributed by atoms with E-state index in [1.54, 1.807) is 6.08 Å². The lowest BCUT2D eigenvalue weighted by Crippen LogP contribution is -2.72. The molecule has 0 aromatic rings. The third-order valence-electron chi connectivity index (χ3n) is 12.0. The highest BCUT2D eigenvalue weighted by Crippen LogP contribution is 2.67. The van der Waals surface area contributed by atoms with Crippen LogP contribution in [0.4, 0.5) is 0 Å². The SMILES string of the molecule is C[C@@H]1C[C@@H](OC(=O)C2CCCCC2)[C@@H]2[C@](C)([C@@H](O)CC[C@@]2(C)C2CCCCC2)[C@@]1(O)CCC1=CC(=O)OC1. The van der Waals surface area contributed by atoms with E-state index < -0.39 is 17.1 Å². The third-order valence-corrected chi connectivity index (χ3v) is 12.0. The van der Waals surface area contributed by atoms with Gasteiger partial charge in [0.2, 0.25) is 0 Å². The lowest BCUT2D eigenvalue weighted by molar-refractivity contribution is -0.292. The van der Waals surface area contributed by atoms with Crippen LogP contribution in [0.1, 0.15) is 117 Å². The van der Waals surface area contributed by atoms with Crippen LogP contribution in [0.25, 0.3) is 0 Å². The van der Waals surface area contributed by atoms with Crippen LogP contribution in [0.3, 0.4) is 0 Å². The number of hydrogen-bond donors (Lipinski definition) is 2. The van der Waals surface area contributed by atoms with Crippen LogP contribution in [0.5, 0.6) is 0 Å². The number of ether oxygens (including phenoxy) is 2. The van der Waals surface area contributed by atoms with E-state index >= 15 is 0 Å². The number of aliphatic hydroxyl groups is 2. The topological polar surface area (TPSA) is 93.1 Å². The van der Waals surface area contributed by atoms with Crippen molar-refractivity contribution in [2.75, 3.05) is 6.61 Å². The van der Waals surface area contributed by atoms with Gasteiger partial charge in [0.05, 0.1) is 17.6 Å². The van der Waals surface area contributed by atoms with Gasteiger partial charge >= 0.3 is 11.9 Å². The Kier molecular flexibility index (Phi) is 8.05. The van der Waals surface area contributed by atoms with Gasteiger partial charge in [-0.1, -0.05) is 59.3 Å². The lowest BCUT2D eigenvalue weighted by Gasteiger charge is -2.68. The number of carbonyl (C=O) groups excluding carboxylic acids is 2. The summed E-state index contributed by atoms with van der Waals surface area (Å²) in [7, 11) is 0. The van der Waals surface area contributed by atoms with E-state index in [9.17, 15) is 19.8 Å². The van der Waals surface area contributed by atoms with E-state index in [-0.39, 0.29) is 47.8 Å². The van der Waals surface area contributed by atoms with Crippen molar-refractivity contribution in [3.63, 3.8) is 0 Å². The van der Waals surface area contributed by atoms with Crippen molar-refractivity contribution in [1.29, 1.82) is 0 Å². The van der Waals surface area contributed by atoms with E-state index in [0.29, 0.717) is 31.6 Å². The van der Waals surface area contributed by atoms with Gasteiger partial charge < -0.3 is 19.7 Å². The molecule has 4 aliphatic carbocycles. The second-order valence-corrected chi connectivity index (χ2v) is 13.9. The van der Waals surface area contributed by atoms with Crippen LogP contribution < -0.4 is 0 Å². The van der Waals surface area contributed by atoms with E-state index in [4.69, 9.17) is 9.47 Å².